The highest BCUT2D eigenvalue weighted by Gasteiger charge is 2.08. The Hall–Kier alpha value is -2.14. The van der Waals surface area contributed by atoms with Crippen molar-refractivity contribution in [3.63, 3.8) is 0 Å². The van der Waals surface area contributed by atoms with Gasteiger partial charge in [-0.25, -0.2) is 4.39 Å². The standard InChI is InChI=1S/C18H19FN4.HI/c1-13(15-6-4-3-5-7-15)23-18(21-2)22-12-16-9-8-14(11-20)10-17(16)19;/h3-10,13H,12H2,1-2H3,(H2,21,22,23);1H. The van der Waals surface area contributed by atoms with Crippen molar-refractivity contribution in [3.05, 3.63) is 71.0 Å². The molecule has 6 heteroatoms. The largest absolute Gasteiger partial charge is 0.352 e. The molecule has 24 heavy (non-hydrogen) atoms. The summed E-state index contributed by atoms with van der Waals surface area (Å²) in [6, 6.07) is 16.4. The van der Waals surface area contributed by atoms with Crippen molar-refractivity contribution in [3.8, 4) is 6.07 Å². The van der Waals surface area contributed by atoms with Crippen LogP contribution in [0, 0.1) is 17.1 Å². The summed E-state index contributed by atoms with van der Waals surface area (Å²) in [5.74, 6) is 0.188. The highest BCUT2D eigenvalue weighted by atomic mass is 127. The Morgan fingerprint density at radius 1 is 1.25 bits per heavy atom. The molecule has 0 amide bonds. The van der Waals surface area contributed by atoms with Crippen molar-refractivity contribution in [1.82, 2.24) is 10.6 Å². The molecule has 0 aliphatic rings. The van der Waals surface area contributed by atoms with Gasteiger partial charge in [-0.1, -0.05) is 36.4 Å². The summed E-state index contributed by atoms with van der Waals surface area (Å²) in [5.41, 5.74) is 1.94. The number of aliphatic imine (C=N–C) groups is 1. The summed E-state index contributed by atoms with van der Waals surface area (Å²) in [5, 5.41) is 15.1. The van der Waals surface area contributed by atoms with E-state index in [4.69, 9.17) is 5.26 Å². The van der Waals surface area contributed by atoms with E-state index in [-0.39, 0.29) is 30.0 Å². The van der Waals surface area contributed by atoms with E-state index in [0.717, 1.165) is 5.56 Å². The van der Waals surface area contributed by atoms with E-state index in [1.54, 1.807) is 19.2 Å². The second kappa shape index (κ2) is 9.88. The van der Waals surface area contributed by atoms with Crippen LogP contribution in [-0.4, -0.2) is 13.0 Å². The first kappa shape index (κ1) is 19.9. The Morgan fingerprint density at radius 2 is 1.96 bits per heavy atom. The first-order valence-electron chi connectivity index (χ1n) is 7.34. The van der Waals surface area contributed by atoms with Crippen molar-refractivity contribution in [1.29, 1.82) is 5.26 Å². The van der Waals surface area contributed by atoms with E-state index in [1.807, 2.05) is 43.3 Å². The molecule has 0 aromatic heterocycles. The molecule has 0 aliphatic carbocycles. The van der Waals surface area contributed by atoms with E-state index in [0.29, 0.717) is 23.6 Å². The number of nitriles is 1. The topological polar surface area (TPSA) is 60.2 Å². The average molecular weight is 438 g/mol. The van der Waals surface area contributed by atoms with Crippen molar-refractivity contribution >= 4 is 29.9 Å². The minimum absolute atomic E-state index is 0. The predicted molar refractivity (Wildman–Crippen MR) is 105 cm³/mol. The van der Waals surface area contributed by atoms with Crippen LogP contribution in [0.1, 0.15) is 29.7 Å². The monoisotopic (exact) mass is 438 g/mol. The molecule has 0 fully saturated rings. The lowest BCUT2D eigenvalue weighted by molar-refractivity contribution is 0.602. The van der Waals surface area contributed by atoms with Gasteiger partial charge >= 0.3 is 0 Å². The number of hydrogen-bond donors (Lipinski definition) is 2. The van der Waals surface area contributed by atoms with Crippen LogP contribution in [0.4, 0.5) is 4.39 Å². The number of benzene rings is 2. The maximum atomic E-state index is 13.9. The third-order valence-corrected chi connectivity index (χ3v) is 3.50. The Kier molecular flexibility index (Phi) is 8.19. The van der Waals surface area contributed by atoms with E-state index in [9.17, 15) is 4.39 Å². The molecule has 2 rings (SSSR count). The molecule has 4 nitrogen and oxygen atoms in total. The Bertz CT molecular complexity index is 726. The van der Waals surface area contributed by atoms with Crippen LogP contribution >= 0.6 is 24.0 Å². The van der Waals surface area contributed by atoms with E-state index in [2.05, 4.69) is 15.6 Å². The molecular formula is C18H20FIN4. The van der Waals surface area contributed by atoms with E-state index >= 15 is 0 Å². The Balaban J connectivity index is 0.00000288. The number of guanidine groups is 1. The maximum Gasteiger partial charge on any atom is 0.191 e. The molecule has 0 saturated heterocycles. The van der Waals surface area contributed by atoms with Gasteiger partial charge in [0.15, 0.2) is 5.96 Å². The van der Waals surface area contributed by atoms with Crippen molar-refractivity contribution in [2.75, 3.05) is 7.05 Å². The van der Waals surface area contributed by atoms with Crippen LogP contribution < -0.4 is 10.6 Å². The van der Waals surface area contributed by atoms with Crippen LogP contribution in [0.5, 0.6) is 0 Å². The van der Waals surface area contributed by atoms with Crippen LogP contribution in [-0.2, 0) is 6.54 Å². The fraction of sp³-hybridized carbons (Fsp3) is 0.222. The quantitative estimate of drug-likeness (QED) is 0.435. The van der Waals surface area contributed by atoms with Crippen molar-refractivity contribution in [2.45, 2.75) is 19.5 Å². The van der Waals surface area contributed by atoms with Gasteiger partial charge in [0.1, 0.15) is 5.82 Å². The predicted octanol–water partition coefficient (Wildman–Crippen LogP) is 3.74. The zero-order chi connectivity index (χ0) is 16.7. The highest BCUT2D eigenvalue weighted by molar-refractivity contribution is 14.0. The number of nitrogens with zero attached hydrogens (tertiary/aromatic N) is 2. The van der Waals surface area contributed by atoms with Crippen LogP contribution in [0.25, 0.3) is 0 Å². The lowest BCUT2D eigenvalue weighted by atomic mass is 10.1. The van der Waals surface area contributed by atoms with Gasteiger partial charge in [0.05, 0.1) is 17.7 Å². The minimum atomic E-state index is -0.400. The van der Waals surface area contributed by atoms with E-state index in [1.165, 1.54) is 6.07 Å². The number of rotatable bonds is 4. The fourth-order valence-electron chi connectivity index (χ4n) is 2.16. The number of nitrogens with one attached hydrogen (secondary N) is 2. The molecule has 2 aromatic carbocycles. The molecule has 126 valence electrons. The van der Waals surface area contributed by atoms with Crippen LogP contribution in [0.2, 0.25) is 0 Å². The Labute approximate surface area is 158 Å². The molecule has 1 atom stereocenters. The zero-order valence-electron chi connectivity index (χ0n) is 13.6. The van der Waals surface area contributed by atoms with Gasteiger partial charge in [-0.05, 0) is 24.6 Å². The summed E-state index contributed by atoms with van der Waals surface area (Å²) < 4.78 is 13.9. The fourth-order valence-corrected chi connectivity index (χ4v) is 2.16. The maximum absolute atomic E-state index is 13.9. The van der Waals surface area contributed by atoms with Gasteiger partial charge in [-0.15, -0.1) is 24.0 Å². The summed E-state index contributed by atoms with van der Waals surface area (Å²) >= 11 is 0. The summed E-state index contributed by atoms with van der Waals surface area (Å²) in [4.78, 5) is 4.15. The molecule has 2 N–H and O–H groups in total. The molecule has 2 aromatic rings. The second-order valence-corrected chi connectivity index (χ2v) is 5.12. The molecule has 0 spiro atoms. The number of hydrogen-bond acceptors (Lipinski definition) is 2. The average Bonchev–Trinajstić information content (AvgIpc) is 2.59. The smallest absolute Gasteiger partial charge is 0.191 e. The molecule has 0 saturated carbocycles. The molecule has 0 radical (unpaired) electrons. The summed E-state index contributed by atoms with van der Waals surface area (Å²) in [6.45, 7) is 2.32. The lowest BCUT2D eigenvalue weighted by Gasteiger charge is -2.18. The summed E-state index contributed by atoms with van der Waals surface area (Å²) in [7, 11) is 1.67. The molecule has 1 unspecified atom stereocenters. The van der Waals surface area contributed by atoms with Crippen molar-refractivity contribution in [2.24, 2.45) is 4.99 Å². The summed E-state index contributed by atoms with van der Waals surface area (Å²) in [6.07, 6.45) is 0. The molecular weight excluding hydrogens is 418 g/mol. The molecule has 0 bridgehead atoms. The SMILES string of the molecule is CN=C(NCc1ccc(C#N)cc1F)NC(C)c1ccccc1.I. The van der Waals surface area contributed by atoms with Crippen LogP contribution in [0.3, 0.4) is 0 Å². The second-order valence-electron chi connectivity index (χ2n) is 5.12. The van der Waals surface area contributed by atoms with Gasteiger partial charge in [-0.3, -0.25) is 4.99 Å². The van der Waals surface area contributed by atoms with E-state index < -0.39 is 5.82 Å². The Morgan fingerprint density at radius 3 is 2.54 bits per heavy atom. The normalized spacial score (nSPS) is 11.8. The molecule has 0 aliphatic heterocycles. The van der Waals surface area contributed by atoms with Crippen LogP contribution in [0.15, 0.2) is 53.5 Å². The third kappa shape index (κ3) is 5.49. The number of halogens is 2. The van der Waals surface area contributed by atoms with Gasteiger partial charge in [0, 0.05) is 19.2 Å². The highest BCUT2D eigenvalue weighted by Crippen LogP contribution is 2.12. The van der Waals surface area contributed by atoms with Crippen molar-refractivity contribution < 1.29 is 4.39 Å². The van der Waals surface area contributed by atoms with Gasteiger partial charge in [0.2, 0.25) is 0 Å². The lowest BCUT2D eigenvalue weighted by Crippen LogP contribution is -2.38. The first-order valence-corrected chi connectivity index (χ1v) is 7.34. The van der Waals surface area contributed by atoms with Gasteiger partial charge in [-0.2, -0.15) is 5.26 Å². The first-order chi connectivity index (χ1) is 11.1. The third-order valence-electron chi connectivity index (χ3n) is 3.50. The zero-order valence-corrected chi connectivity index (χ0v) is 15.9. The minimum Gasteiger partial charge on any atom is -0.352 e. The van der Waals surface area contributed by atoms with Gasteiger partial charge < -0.3 is 10.6 Å². The van der Waals surface area contributed by atoms with Gasteiger partial charge in [0.25, 0.3) is 0 Å². The molecule has 0 heterocycles.